The molecule has 10 nitrogen and oxygen atoms in total. The second kappa shape index (κ2) is 7.81. The molecule has 0 spiro atoms. The third kappa shape index (κ3) is 2.82. The molecule has 3 aliphatic carbocycles. The van der Waals surface area contributed by atoms with E-state index in [2.05, 4.69) is 0 Å². The molecule has 0 saturated carbocycles. The minimum absolute atomic E-state index is 0.0164. The Bertz CT molecular complexity index is 1440. The molecule has 188 valence electrons. The number of carbonyl (C=O) groups excluding carboxylic acids is 3. The summed E-state index contributed by atoms with van der Waals surface area (Å²) in [4.78, 5) is 40.7. The normalized spacial score (nSPS) is 27.8. The van der Waals surface area contributed by atoms with Crippen LogP contribution in [-0.4, -0.2) is 75.6 Å². The van der Waals surface area contributed by atoms with Crippen molar-refractivity contribution in [3.05, 3.63) is 58.1 Å². The van der Waals surface area contributed by atoms with Crippen molar-refractivity contribution in [1.29, 1.82) is 0 Å². The molecule has 6 N–H and O–H groups in total. The Balaban J connectivity index is 1.78. The Kier molecular flexibility index (Phi) is 5.17. The maximum Gasteiger partial charge on any atom is 0.255 e. The number of carbonyl (C=O) groups is 3. The van der Waals surface area contributed by atoms with E-state index in [9.17, 15) is 34.8 Å². The number of likely N-dealkylation sites (N-methyl/N-ethyl adjacent to an activating group) is 1. The number of rotatable bonds is 3. The van der Waals surface area contributed by atoms with Crippen LogP contribution in [0.1, 0.15) is 22.3 Å². The molecule has 2 aromatic carbocycles. The molecule has 4 atom stereocenters. The summed E-state index contributed by atoms with van der Waals surface area (Å²) in [5.41, 5.74) is 2.01. The number of methoxy groups -OCH3 is 1. The van der Waals surface area contributed by atoms with Crippen LogP contribution < -0.4 is 10.5 Å². The molecule has 0 heterocycles. The Hall–Kier alpha value is -3.89. The summed E-state index contributed by atoms with van der Waals surface area (Å²) < 4.78 is 5.64. The molecular weight excluding hydrogens is 468 g/mol. The van der Waals surface area contributed by atoms with Gasteiger partial charge < -0.3 is 30.9 Å². The average molecular weight is 495 g/mol. The minimum Gasteiger partial charge on any atom is -0.510 e. The second-order valence-electron chi connectivity index (χ2n) is 9.74. The molecule has 0 fully saturated rings. The molecule has 0 radical (unpaired) electrons. The number of allylic oxidation sites excluding steroid dienone is 1. The van der Waals surface area contributed by atoms with Crippen LogP contribution in [0.3, 0.4) is 0 Å². The largest absolute Gasteiger partial charge is 0.510 e. The van der Waals surface area contributed by atoms with E-state index in [1.165, 1.54) is 12.0 Å². The van der Waals surface area contributed by atoms with Crippen LogP contribution in [0.15, 0.2) is 46.9 Å². The van der Waals surface area contributed by atoms with Gasteiger partial charge in [-0.15, -0.1) is 0 Å². The Morgan fingerprint density at radius 1 is 1.14 bits per heavy atom. The first-order valence-corrected chi connectivity index (χ1v) is 11.4. The van der Waals surface area contributed by atoms with Crippen LogP contribution in [0.4, 0.5) is 0 Å². The smallest absolute Gasteiger partial charge is 0.255 e. The maximum absolute atomic E-state index is 13.8. The molecule has 5 rings (SSSR count). The van der Waals surface area contributed by atoms with Crippen molar-refractivity contribution in [3.63, 3.8) is 0 Å². The third-order valence-corrected chi connectivity index (χ3v) is 7.76. The van der Waals surface area contributed by atoms with Gasteiger partial charge in [-0.2, -0.15) is 0 Å². The van der Waals surface area contributed by atoms with Gasteiger partial charge >= 0.3 is 0 Å². The lowest BCUT2D eigenvalue weighted by Crippen LogP contribution is -2.63. The van der Waals surface area contributed by atoms with Crippen molar-refractivity contribution < 1.29 is 39.5 Å². The van der Waals surface area contributed by atoms with Crippen LogP contribution in [0.5, 0.6) is 11.5 Å². The van der Waals surface area contributed by atoms with Crippen LogP contribution >= 0.6 is 0 Å². The quantitative estimate of drug-likeness (QED) is 0.394. The van der Waals surface area contributed by atoms with E-state index in [1.807, 2.05) is 0 Å². The molecular formula is C26H26N2O8. The van der Waals surface area contributed by atoms with Gasteiger partial charge in [-0.25, -0.2) is 0 Å². The topological polar surface area (TPSA) is 171 Å². The number of primary amides is 1. The van der Waals surface area contributed by atoms with Crippen molar-refractivity contribution in [2.75, 3.05) is 21.2 Å². The molecule has 0 bridgehead atoms. The SMILES string of the molecule is COc1c2c(c(O)c3ccccc13)C(=O)C1=C(O)[C@]3(O)C(=O)C(C(N)=O)=C(O)[C@@H](N(C)C)[C@@H]3C[C@@H]1C2. The number of aliphatic hydroxyl groups excluding tert-OH is 2. The van der Waals surface area contributed by atoms with Crippen molar-refractivity contribution in [2.45, 2.75) is 24.5 Å². The number of aliphatic hydroxyl groups is 3. The van der Waals surface area contributed by atoms with E-state index in [1.54, 1.807) is 38.4 Å². The van der Waals surface area contributed by atoms with E-state index < -0.39 is 58.0 Å². The number of nitrogens with zero attached hydrogens (tertiary/aromatic N) is 1. The van der Waals surface area contributed by atoms with Gasteiger partial charge in [0.2, 0.25) is 5.78 Å². The number of ketones is 2. The summed E-state index contributed by atoms with van der Waals surface area (Å²) in [5, 5.41) is 45.8. The predicted molar refractivity (Wildman–Crippen MR) is 128 cm³/mol. The molecule has 3 aliphatic rings. The van der Waals surface area contributed by atoms with E-state index in [-0.39, 0.29) is 29.7 Å². The highest BCUT2D eigenvalue weighted by Gasteiger charge is 2.63. The number of aromatic hydroxyl groups is 1. The number of nitrogens with two attached hydrogens (primary N) is 1. The Labute approximate surface area is 205 Å². The van der Waals surface area contributed by atoms with E-state index >= 15 is 0 Å². The zero-order valence-corrected chi connectivity index (χ0v) is 19.9. The van der Waals surface area contributed by atoms with E-state index in [0.717, 1.165) is 0 Å². The summed E-state index contributed by atoms with van der Waals surface area (Å²) in [5.74, 6) is -6.40. The van der Waals surface area contributed by atoms with Crippen molar-refractivity contribution in [3.8, 4) is 11.5 Å². The first-order valence-electron chi connectivity index (χ1n) is 11.4. The molecule has 0 saturated heterocycles. The second-order valence-corrected chi connectivity index (χ2v) is 9.74. The van der Waals surface area contributed by atoms with Gasteiger partial charge in [-0.1, -0.05) is 24.3 Å². The molecule has 0 aliphatic heterocycles. The highest BCUT2D eigenvalue weighted by Crippen LogP contribution is 2.54. The Morgan fingerprint density at radius 2 is 1.78 bits per heavy atom. The van der Waals surface area contributed by atoms with Crippen molar-refractivity contribution >= 4 is 28.2 Å². The summed E-state index contributed by atoms with van der Waals surface area (Å²) in [7, 11) is 4.63. The average Bonchev–Trinajstić information content (AvgIpc) is 2.81. The number of hydrogen-bond acceptors (Lipinski definition) is 9. The van der Waals surface area contributed by atoms with Crippen LogP contribution in [0, 0.1) is 11.8 Å². The number of ether oxygens (including phenoxy) is 1. The van der Waals surface area contributed by atoms with E-state index in [0.29, 0.717) is 22.1 Å². The first-order chi connectivity index (χ1) is 17.0. The van der Waals surface area contributed by atoms with Gasteiger partial charge in [-0.05, 0) is 32.9 Å². The van der Waals surface area contributed by atoms with Crippen LogP contribution in [0.25, 0.3) is 10.8 Å². The number of benzene rings is 2. The fourth-order valence-corrected chi connectivity index (χ4v) is 6.26. The number of phenols is 1. The molecule has 2 aromatic rings. The fraction of sp³-hybridized carbons (Fsp3) is 0.346. The lowest BCUT2D eigenvalue weighted by atomic mass is 9.58. The summed E-state index contributed by atoms with van der Waals surface area (Å²) in [6, 6.07) is 5.82. The molecule has 0 aromatic heterocycles. The van der Waals surface area contributed by atoms with E-state index in [4.69, 9.17) is 10.5 Å². The lowest BCUT2D eigenvalue weighted by molar-refractivity contribution is -0.148. The monoisotopic (exact) mass is 494 g/mol. The Morgan fingerprint density at radius 3 is 2.36 bits per heavy atom. The van der Waals surface area contributed by atoms with Crippen molar-refractivity contribution in [1.82, 2.24) is 4.90 Å². The van der Waals surface area contributed by atoms with Gasteiger partial charge in [0.1, 0.15) is 28.6 Å². The summed E-state index contributed by atoms with van der Waals surface area (Å²) in [6.07, 6.45) is 0.179. The lowest BCUT2D eigenvalue weighted by Gasteiger charge is -2.50. The summed E-state index contributed by atoms with van der Waals surface area (Å²) in [6.45, 7) is 0. The maximum atomic E-state index is 13.8. The fourth-order valence-electron chi connectivity index (χ4n) is 6.26. The van der Waals surface area contributed by atoms with Gasteiger partial charge in [-0.3, -0.25) is 19.3 Å². The number of fused-ring (bicyclic) bond motifs is 4. The standard InChI is InChI=1S/C26H26N2O8/c1-28(2)18-14-9-10-8-13-16(19(29)11-6-4-5-7-12(11)22(13)36-3)20(30)15(10)23(32)26(14,35)24(33)17(21(18)31)25(27)34/h4-7,10,14,18,29,31-32,35H,8-9H2,1-3H3,(H2,27,34)/t10-,14-,18-,26-/m0/s1. The molecule has 0 unspecified atom stereocenters. The number of phenolic OH excluding ortho intramolecular Hbond substituents is 1. The number of hydrogen-bond donors (Lipinski definition) is 5. The van der Waals surface area contributed by atoms with Gasteiger partial charge in [0.25, 0.3) is 5.91 Å². The third-order valence-electron chi connectivity index (χ3n) is 7.76. The van der Waals surface area contributed by atoms with Crippen LogP contribution in [0.2, 0.25) is 0 Å². The van der Waals surface area contributed by atoms with Gasteiger partial charge in [0, 0.05) is 27.8 Å². The first kappa shape index (κ1) is 23.8. The number of amides is 1. The summed E-state index contributed by atoms with van der Waals surface area (Å²) >= 11 is 0. The molecule has 36 heavy (non-hydrogen) atoms. The minimum atomic E-state index is -2.67. The highest BCUT2D eigenvalue weighted by molar-refractivity contribution is 6.25. The predicted octanol–water partition coefficient (Wildman–Crippen LogP) is 1.28. The molecule has 1 amide bonds. The number of Topliss-reactive ketones (excluding diaryl/α,β-unsaturated/α-hetero) is 2. The van der Waals surface area contributed by atoms with Gasteiger partial charge in [0.15, 0.2) is 11.4 Å². The zero-order chi connectivity index (χ0) is 26.3. The zero-order valence-electron chi connectivity index (χ0n) is 19.9. The molecule has 10 heteroatoms. The van der Waals surface area contributed by atoms with Crippen molar-refractivity contribution in [2.24, 2.45) is 17.6 Å². The highest BCUT2D eigenvalue weighted by atomic mass is 16.5. The van der Waals surface area contributed by atoms with Gasteiger partial charge in [0.05, 0.1) is 18.7 Å². The van der Waals surface area contributed by atoms with Crippen LogP contribution in [-0.2, 0) is 16.0 Å².